The molecule has 1 saturated heterocycles. The van der Waals surface area contributed by atoms with E-state index in [1.54, 1.807) is 0 Å². The van der Waals surface area contributed by atoms with Crippen molar-refractivity contribution in [1.29, 1.82) is 0 Å². The van der Waals surface area contributed by atoms with Gasteiger partial charge in [-0.25, -0.2) is 0 Å². The van der Waals surface area contributed by atoms with E-state index in [0.717, 1.165) is 36.4 Å². The first-order valence-electron chi connectivity index (χ1n) is 5.74. The standard InChI is InChI=1S/C11H20N2OS/c1-8-5-9(8)6-13(2)11(14)10-7-15-4-3-12-10/h8-10,12H,3-7H2,1-2H3. The van der Waals surface area contributed by atoms with Gasteiger partial charge < -0.3 is 10.2 Å². The highest BCUT2D eigenvalue weighted by Crippen LogP contribution is 2.38. The zero-order chi connectivity index (χ0) is 10.8. The number of thioether (sulfide) groups is 1. The first kappa shape index (κ1) is 11.3. The molecule has 1 aliphatic heterocycles. The molecule has 1 N–H and O–H groups in total. The van der Waals surface area contributed by atoms with E-state index in [1.807, 2.05) is 23.7 Å². The molecular formula is C11H20N2OS. The summed E-state index contributed by atoms with van der Waals surface area (Å²) >= 11 is 1.87. The van der Waals surface area contributed by atoms with Gasteiger partial charge in [0, 0.05) is 31.6 Å². The van der Waals surface area contributed by atoms with E-state index in [9.17, 15) is 4.79 Å². The maximum atomic E-state index is 12.0. The molecule has 15 heavy (non-hydrogen) atoms. The van der Waals surface area contributed by atoms with Crippen molar-refractivity contribution >= 4 is 17.7 Å². The highest BCUT2D eigenvalue weighted by atomic mass is 32.2. The zero-order valence-corrected chi connectivity index (χ0v) is 10.3. The summed E-state index contributed by atoms with van der Waals surface area (Å²) in [6, 6.07) is 0.0582. The number of hydrogen-bond donors (Lipinski definition) is 1. The zero-order valence-electron chi connectivity index (χ0n) is 9.53. The molecule has 4 heteroatoms. The molecule has 0 aromatic heterocycles. The number of rotatable bonds is 3. The Morgan fingerprint density at radius 2 is 2.33 bits per heavy atom. The van der Waals surface area contributed by atoms with Gasteiger partial charge in [0.25, 0.3) is 0 Å². The summed E-state index contributed by atoms with van der Waals surface area (Å²) in [5.41, 5.74) is 0. The number of hydrogen-bond acceptors (Lipinski definition) is 3. The highest BCUT2D eigenvalue weighted by molar-refractivity contribution is 7.99. The van der Waals surface area contributed by atoms with Gasteiger partial charge in [-0.15, -0.1) is 0 Å². The van der Waals surface area contributed by atoms with Gasteiger partial charge in [0.2, 0.25) is 5.91 Å². The number of nitrogens with one attached hydrogen (secondary N) is 1. The van der Waals surface area contributed by atoms with E-state index in [2.05, 4.69) is 12.2 Å². The third-order valence-corrected chi connectivity index (χ3v) is 4.44. The minimum Gasteiger partial charge on any atom is -0.344 e. The van der Waals surface area contributed by atoms with Crippen LogP contribution in [0.2, 0.25) is 0 Å². The van der Waals surface area contributed by atoms with Crippen LogP contribution in [0.15, 0.2) is 0 Å². The number of amides is 1. The van der Waals surface area contributed by atoms with Crippen LogP contribution in [0.4, 0.5) is 0 Å². The van der Waals surface area contributed by atoms with Crippen molar-refractivity contribution in [2.75, 3.05) is 31.6 Å². The minimum absolute atomic E-state index is 0.0582. The van der Waals surface area contributed by atoms with E-state index in [0.29, 0.717) is 0 Å². The summed E-state index contributed by atoms with van der Waals surface area (Å²) in [5, 5.41) is 3.29. The van der Waals surface area contributed by atoms with Crippen LogP contribution in [0.5, 0.6) is 0 Å². The fourth-order valence-corrected chi connectivity index (χ4v) is 3.01. The van der Waals surface area contributed by atoms with Gasteiger partial charge in [-0.1, -0.05) is 6.92 Å². The van der Waals surface area contributed by atoms with Crippen LogP contribution in [0.1, 0.15) is 13.3 Å². The van der Waals surface area contributed by atoms with Gasteiger partial charge in [0.15, 0.2) is 0 Å². The topological polar surface area (TPSA) is 32.3 Å². The summed E-state index contributed by atoms with van der Waals surface area (Å²) < 4.78 is 0. The molecule has 2 fully saturated rings. The Morgan fingerprint density at radius 3 is 2.87 bits per heavy atom. The molecule has 0 bridgehead atoms. The predicted molar refractivity (Wildman–Crippen MR) is 64.0 cm³/mol. The van der Waals surface area contributed by atoms with Crippen molar-refractivity contribution in [2.45, 2.75) is 19.4 Å². The van der Waals surface area contributed by atoms with E-state index in [-0.39, 0.29) is 11.9 Å². The Bertz CT molecular complexity index is 241. The average molecular weight is 228 g/mol. The molecule has 3 unspecified atom stereocenters. The Morgan fingerprint density at radius 1 is 1.60 bits per heavy atom. The van der Waals surface area contributed by atoms with Gasteiger partial charge in [0.1, 0.15) is 0 Å². The van der Waals surface area contributed by atoms with Crippen molar-refractivity contribution in [3.8, 4) is 0 Å². The number of carbonyl (C=O) groups excluding carboxylic acids is 1. The molecule has 0 aromatic carbocycles. The lowest BCUT2D eigenvalue weighted by Gasteiger charge is -2.27. The predicted octanol–water partition coefficient (Wildman–Crippen LogP) is 0.806. The highest BCUT2D eigenvalue weighted by Gasteiger charge is 2.35. The molecule has 3 atom stereocenters. The molecule has 1 heterocycles. The van der Waals surface area contributed by atoms with Crippen molar-refractivity contribution in [1.82, 2.24) is 10.2 Å². The Hall–Kier alpha value is -0.220. The van der Waals surface area contributed by atoms with E-state index >= 15 is 0 Å². The van der Waals surface area contributed by atoms with Crippen molar-refractivity contribution in [3.05, 3.63) is 0 Å². The van der Waals surface area contributed by atoms with Crippen LogP contribution >= 0.6 is 11.8 Å². The third-order valence-electron chi connectivity index (χ3n) is 3.38. The van der Waals surface area contributed by atoms with Gasteiger partial charge in [-0.3, -0.25) is 4.79 Å². The monoisotopic (exact) mass is 228 g/mol. The summed E-state index contributed by atoms with van der Waals surface area (Å²) in [4.78, 5) is 13.9. The molecule has 3 nitrogen and oxygen atoms in total. The van der Waals surface area contributed by atoms with Crippen molar-refractivity contribution < 1.29 is 4.79 Å². The maximum Gasteiger partial charge on any atom is 0.240 e. The molecular weight excluding hydrogens is 208 g/mol. The van der Waals surface area contributed by atoms with Crippen molar-refractivity contribution in [3.63, 3.8) is 0 Å². The second kappa shape index (κ2) is 4.74. The summed E-state index contributed by atoms with van der Waals surface area (Å²) in [7, 11) is 1.94. The van der Waals surface area contributed by atoms with Gasteiger partial charge >= 0.3 is 0 Å². The first-order chi connectivity index (χ1) is 7.18. The normalized spacial score (nSPS) is 34.9. The molecule has 86 valence electrons. The third kappa shape index (κ3) is 2.88. The largest absolute Gasteiger partial charge is 0.344 e. The maximum absolute atomic E-state index is 12.0. The molecule has 1 aliphatic carbocycles. The first-order valence-corrected chi connectivity index (χ1v) is 6.90. The number of nitrogens with zero attached hydrogens (tertiary/aromatic N) is 1. The van der Waals surface area contributed by atoms with Crippen LogP contribution in [-0.2, 0) is 4.79 Å². The quantitative estimate of drug-likeness (QED) is 0.776. The molecule has 0 radical (unpaired) electrons. The molecule has 0 aromatic rings. The fourth-order valence-electron chi connectivity index (χ4n) is 2.09. The number of carbonyl (C=O) groups is 1. The summed E-state index contributed by atoms with van der Waals surface area (Å²) in [6.07, 6.45) is 1.30. The van der Waals surface area contributed by atoms with E-state index in [1.165, 1.54) is 6.42 Å². The molecule has 1 saturated carbocycles. The Balaban J connectivity index is 1.78. The second-order valence-corrected chi connectivity index (χ2v) is 5.92. The fraction of sp³-hybridized carbons (Fsp3) is 0.909. The summed E-state index contributed by atoms with van der Waals surface area (Å²) in [6.45, 7) is 4.18. The Kier molecular flexibility index (Phi) is 3.57. The lowest BCUT2D eigenvalue weighted by atomic mass is 10.2. The van der Waals surface area contributed by atoms with Crippen LogP contribution < -0.4 is 5.32 Å². The average Bonchev–Trinajstić information content (AvgIpc) is 2.94. The van der Waals surface area contributed by atoms with E-state index < -0.39 is 0 Å². The van der Waals surface area contributed by atoms with Gasteiger partial charge in [0.05, 0.1) is 6.04 Å². The van der Waals surface area contributed by atoms with Crippen LogP contribution in [0, 0.1) is 11.8 Å². The van der Waals surface area contributed by atoms with Crippen molar-refractivity contribution in [2.24, 2.45) is 11.8 Å². The number of likely N-dealkylation sites (N-methyl/N-ethyl adjacent to an activating group) is 1. The van der Waals surface area contributed by atoms with Crippen LogP contribution in [-0.4, -0.2) is 48.5 Å². The van der Waals surface area contributed by atoms with Gasteiger partial charge in [-0.05, 0) is 18.3 Å². The van der Waals surface area contributed by atoms with E-state index in [4.69, 9.17) is 0 Å². The second-order valence-electron chi connectivity index (χ2n) is 4.77. The minimum atomic E-state index is 0.0582. The van der Waals surface area contributed by atoms with Crippen LogP contribution in [0.3, 0.4) is 0 Å². The molecule has 2 aliphatic rings. The smallest absolute Gasteiger partial charge is 0.240 e. The lowest BCUT2D eigenvalue weighted by molar-refractivity contribution is -0.131. The van der Waals surface area contributed by atoms with Gasteiger partial charge in [-0.2, -0.15) is 11.8 Å². The SMILES string of the molecule is CC1CC1CN(C)C(=O)C1CSCCN1. The molecule has 0 spiro atoms. The van der Waals surface area contributed by atoms with Crippen LogP contribution in [0.25, 0.3) is 0 Å². The lowest BCUT2D eigenvalue weighted by Crippen LogP contribution is -2.49. The summed E-state index contributed by atoms with van der Waals surface area (Å²) in [5.74, 6) is 3.93. The Labute approximate surface area is 96.0 Å². The molecule has 2 rings (SSSR count). The molecule has 1 amide bonds.